The largest absolute Gasteiger partial charge is 0.492 e. The first-order valence-corrected chi connectivity index (χ1v) is 12.0. The maximum Gasteiger partial charge on any atom is 0.232 e. The van der Waals surface area contributed by atoms with Crippen molar-refractivity contribution in [1.29, 1.82) is 0 Å². The van der Waals surface area contributed by atoms with Crippen molar-refractivity contribution in [3.63, 3.8) is 0 Å². The lowest BCUT2D eigenvalue weighted by Gasteiger charge is -2.25. The van der Waals surface area contributed by atoms with E-state index >= 15 is 0 Å². The van der Waals surface area contributed by atoms with Crippen LogP contribution in [-0.2, 0) is 11.2 Å². The highest BCUT2D eigenvalue weighted by Crippen LogP contribution is 2.43. The molecule has 1 aliphatic carbocycles. The Morgan fingerprint density at radius 3 is 2.42 bits per heavy atom. The zero-order valence-corrected chi connectivity index (χ0v) is 19.1. The van der Waals surface area contributed by atoms with Gasteiger partial charge in [-0.3, -0.25) is 9.78 Å². The van der Waals surface area contributed by atoms with E-state index in [0.717, 1.165) is 40.8 Å². The third-order valence-electron chi connectivity index (χ3n) is 5.16. The van der Waals surface area contributed by atoms with Crippen LogP contribution in [0.4, 0.5) is 10.3 Å². The van der Waals surface area contributed by atoms with E-state index in [0.29, 0.717) is 35.0 Å². The van der Waals surface area contributed by atoms with E-state index in [1.165, 1.54) is 11.3 Å². The summed E-state index contributed by atoms with van der Waals surface area (Å²) in [5, 5.41) is 26.4. The molecule has 0 aromatic carbocycles. The topological polar surface area (TPSA) is 115 Å². The summed E-state index contributed by atoms with van der Waals surface area (Å²) in [5.74, 6) is 1.26. The standard InChI is InChI=1S/C20H25N7O2S2/c1-3-29-15-8-7-14(22-11-15)10-16(28)23-20-27-25-18(31-20)13-6-4-5-12(9-13)17-24-26-19(21-2)30-17/h7-8,11-13H,3-6,9-10H2,1-2H3,(H,21,26)(H,23,27,28)/t12-,13?/m0/s1. The fourth-order valence-corrected chi connectivity index (χ4v) is 5.44. The summed E-state index contributed by atoms with van der Waals surface area (Å²) in [5.41, 5.74) is 0.679. The third kappa shape index (κ3) is 5.53. The molecule has 0 saturated heterocycles. The van der Waals surface area contributed by atoms with Gasteiger partial charge in [-0.05, 0) is 38.3 Å². The summed E-state index contributed by atoms with van der Waals surface area (Å²) in [6.45, 7) is 2.50. The van der Waals surface area contributed by atoms with Gasteiger partial charge in [0.15, 0.2) is 0 Å². The maximum atomic E-state index is 12.4. The average Bonchev–Trinajstić information content (AvgIpc) is 3.45. The van der Waals surface area contributed by atoms with Crippen LogP contribution in [0.15, 0.2) is 18.3 Å². The molecule has 0 aliphatic heterocycles. The maximum absolute atomic E-state index is 12.4. The van der Waals surface area contributed by atoms with E-state index in [2.05, 4.69) is 36.0 Å². The number of carbonyl (C=O) groups excluding carboxylic acids is 1. The predicted octanol–water partition coefficient (Wildman–Crippen LogP) is 3.85. The molecular weight excluding hydrogens is 434 g/mol. The van der Waals surface area contributed by atoms with Crippen molar-refractivity contribution in [3.05, 3.63) is 34.0 Å². The van der Waals surface area contributed by atoms with E-state index in [9.17, 15) is 4.79 Å². The van der Waals surface area contributed by atoms with Gasteiger partial charge in [-0.2, -0.15) is 0 Å². The Balaban J connectivity index is 1.33. The Labute approximate surface area is 188 Å². The first kappa shape index (κ1) is 21.6. The van der Waals surface area contributed by atoms with Crippen LogP contribution < -0.4 is 15.4 Å². The highest BCUT2D eigenvalue weighted by Gasteiger charge is 2.29. The summed E-state index contributed by atoms with van der Waals surface area (Å²) >= 11 is 3.07. The number of hydrogen-bond acceptors (Lipinski definition) is 10. The zero-order chi connectivity index (χ0) is 21.6. The molecule has 3 heterocycles. The first-order valence-electron chi connectivity index (χ1n) is 10.4. The summed E-state index contributed by atoms with van der Waals surface area (Å²) in [4.78, 5) is 16.7. The predicted molar refractivity (Wildman–Crippen MR) is 121 cm³/mol. The Morgan fingerprint density at radius 1 is 1.10 bits per heavy atom. The molecule has 3 aromatic rings. The molecule has 11 heteroatoms. The molecule has 164 valence electrons. The molecule has 0 bridgehead atoms. The lowest BCUT2D eigenvalue weighted by atomic mass is 9.82. The molecule has 2 N–H and O–H groups in total. The van der Waals surface area contributed by atoms with Gasteiger partial charge in [0.1, 0.15) is 15.8 Å². The number of ether oxygens (including phenoxy) is 1. The van der Waals surface area contributed by atoms with Gasteiger partial charge in [-0.1, -0.05) is 29.1 Å². The molecule has 1 unspecified atom stereocenters. The van der Waals surface area contributed by atoms with Gasteiger partial charge in [0.2, 0.25) is 16.2 Å². The minimum absolute atomic E-state index is 0.158. The van der Waals surface area contributed by atoms with Crippen molar-refractivity contribution in [2.45, 2.75) is 50.9 Å². The van der Waals surface area contributed by atoms with Gasteiger partial charge in [0.25, 0.3) is 0 Å². The van der Waals surface area contributed by atoms with Crippen LogP contribution in [0.5, 0.6) is 5.75 Å². The van der Waals surface area contributed by atoms with Crippen molar-refractivity contribution in [2.75, 3.05) is 24.3 Å². The van der Waals surface area contributed by atoms with Crippen LogP contribution in [0.1, 0.15) is 60.2 Å². The Hall–Kier alpha value is -2.66. The van der Waals surface area contributed by atoms with E-state index in [1.807, 2.05) is 20.0 Å². The second kappa shape index (κ2) is 10.1. The second-order valence-corrected chi connectivity index (χ2v) is 9.36. The highest BCUT2D eigenvalue weighted by molar-refractivity contribution is 7.15. The van der Waals surface area contributed by atoms with Crippen molar-refractivity contribution in [2.24, 2.45) is 0 Å². The molecule has 4 rings (SSSR count). The molecule has 1 aliphatic rings. The highest BCUT2D eigenvalue weighted by atomic mass is 32.1. The van der Waals surface area contributed by atoms with E-state index < -0.39 is 0 Å². The van der Waals surface area contributed by atoms with E-state index in [4.69, 9.17) is 4.74 Å². The van der Waals surface area contributed by atoms with Crippen molar-refractivity contribution >= 4 is 38.8 Å². The minimum Gasteiger partial charge on any atom is -0.492 e. The summed E-state index contributed by atoms with van der Waals surface area (Å²) in [6.07, 6.45) is 6.11. The van der Waals surface area contributed by atoms with Crippen LogP contribution in [0, 0.1) is 0 Å². The summed E-state index contributed by atoms with van der Waals surface area (Å²) in [7, 11) is 1.86. The zero-order valence-electron chi connectivity index (χ0n) is 17.5. The van der Waals surface area contributed by atoms with Crippen molar-refractivity contribution in [3.8, 4) is 5.75 Å². The van der Waals surface area contributed by atoms with Crippen molar-refractivity contribution in [1.82, 2.24) is 25.4 Å². The SMILES string of the molecule is CCOc1ccc(CC(=O)Nc2nnc(C3CCC[C@H](c4nnc(NC)s4)C3)s2)nc1. The molecule has 1 fully saturated rings. The number of carbonyl (C=O) groups is 1. The van der Waals surface area contributed by atoms with Crippen LogP contribution in [-0.4, -0.2) is 44.9 Å². The number of nitrogens with zero attached hydrogens (tertiary/aromatic N) is 5. The average molecular weight is 460 g/mol. The number of aromatic nitrogens is 5. The Bertz CT molecular complexity index is 1010. The quantitative estimate of drug-likeness (QED) is 0.522. The minimum atomic E-state index is -0.158. The van der Waals surface area contributed by atoms with Gasteiger partial charge in [-0.15, -0.1) is 20.4 Å². The number of amides is 1. The molecule has 2 atom stereocenters. The third-order valence-corrected chi connectivity index (χ3v) is 7.27. The second-order valence-electron chi connectivity index (χ2n) is 7.34. The van der Waals surface area contributed by atoms with Crippen LogP contribution in [0.3, 0.4) is 0 Å². The summed E-state index contributed by atoms with van der Waals surface area (Å²) in [6, 6.07) is 3.62. The number of nitrogens with one attached hydrogen (secondary N) is 2. The molecular formula is C20H25N7O2S2. The monoisotopic (exact) mass is 459 g/mol. The molecule has 9 nitrogen and oxygen atoms in total. The van der Waals surface area contributed by atoms with Gasteiger partial charge < -0.3 is 15.4 Å². The molecule has 0 radical (unpaired) electrons. The van der Waals surface area contributed by atoms with E-state index in [1.54, 1.807) is 23.6 Å². The fraction of sp³-hybridized carbons (Fsp3) is 0.500. The Morgan fingerprint density at radius 2 is 1.81 bits per heavy atom. The first-order chi connectivity index (χ1) is 15.1. The van der Waals surface area contributed by atoms with Gasteiger partial charge in [0.05, 0.1) is 19.2 Å². The lowest BCUT2D eigenvalue weighted by Crippen LogP contribution is -2.15. The fourth-order valence-electron chi connectivity index (χ4n) is 3.68. The van der Waals surface area contributed by atoms with E-state index in [-0.39, 0.29) is 12.3 Å². The molecule has 1 saturated carbocycles. The number of hydrogen-bond donors (Lipinski definition) is 2. The normalized spacial score (nSPS) is 18.5. The lowest BCUT2D eigenvalue weighted by molar-refractivity contribution is -0.115. The van der Waals surface area contributed by atoms with Gasteiger partial charge in [0, 0.05) is 24.6 Å². The molecule has 1 amide bonds. The van der Waals surface area contributed by atoms with Gasteiger partial charge >= 0.3 is 0 Å². The van der Waals surface area contributed by atoms with Crippen LogP contribution >= 0.6 is 22.7 Å². The van der Waals surface area contributed by atoms with Crippen molar-refractivity contribution < 1.29 is 9.53 Å². The van der Waals surface area contributed by atoms with Crippen LogP contribution in [0.2, 0.25) is 0 Å². The smallest absolute Gasteiger partial charge is 0.232 e. The molecule has 31 heavy (non-hydrogen) atoms. The molecule has 3 aromatic heterocycles. The number of rotatable bonds is 8. The van der Waals surface area contributed by atoms with Gasteiger partial charge in [-0.25, -0.2) is 0 Å². The number of pyridine rings is 1. The summed E-state index contributed by atoms with van der Waals surface area (Å²) < 4.78 is 5.37. The van der Waals surface area contributed by atoms with Crippen LogP contribution in [0.25, 0.3) is 0 Å². The Kier molecular flexibility index (Phi) is 7.03. The molecule has 0 spiro atoms. The number of anilines is 2.